The third-order valence-electron chi connectivity index (χ3n) is 3.21. The topological polar surface area (TPSA) is 81.7 Å². The molecule has 0 spiro atoms. The van der Waals surface area contributed by atoms with Gasteiger partial charge in [-0.2, -0.15) is 0 Å². The van der Waals surface area contributed by atoms with Crippen molar-refractivity contribution in [2.24, 2.45) is 0 Å². The summed E-state index contributed by atoms with van der Waals surface area (Å²) in [6, 6.07) is 13.9. The van der Waals surface area contributed by atoms with Gasteiger partial charge >= 0.3 is 5.97 Å². The number of hydrogen-bond donors (Lipinski definition) is 1. The zero-order chi connectivity index (χ0) is 18.2. The number of ether oxygens (including phenoxy) is 2. The van der Waals surface area contributed by atoms with Crippen molar-refractivity contribution in [3.8, 4) is 5.75 Å². The molecule has 130 valence electrons. The van der Waals surface area contributed by atoms with Crippen LogP contribution in [0.15, 0.2) is 48.5 Å². The van der Waals surface area contributed by atoms with E-state index in [2.05, 4.69) is 5.32 Å². The van der Waals surface area contributed by atoms with Crippen LogP contribution in [0.5, 0.6) is 5.75 Å². The summed E-state index contributed by atoms with van der Waals surface area (Å²) in [4.78, 5) is 35.1. The van der Waals surface area contributed by atoms with Crippen molar-refractivity contribution in [1.82, 2.24) is 5.32 Å². The van der Waals surface area contributed by atoms with E-state index in [-0.39, 0.29) is 6.61 Å². The second-order valence-electron chi connectivity index (χ2n) is 5.52. The molecule has 2 rings (SSSR count). The highest BCUT2D eigenvalue weighted by Gasteiger charge is 2.12. The van der Waals surface area contributed by atoms with Gasteiger partial charge in [0.25, 0.3) is 11.8 Å². The molecule has 0 heterocycles. The van der Waals surface area contributed by atoms with E-state index in [0.717, 1.165) is 11.1 Å². The zero-order valence-corrected chi connectivity index (χ0v) is 14.1. The number of carbonyl (C=O) groups excluding carboxylic acids is 3. The molecule has 1 N–H and O–H groups in total. The van der Waals surface area contributed by atoms with Gasteiger partial charge in [0.1, 0.15) is 5.75 Å². The van der Waals surface area contributed by atoms with Gasteiger partial charge in [-0.15, -0.1) is 0 Å². The van der Waals surface area contributed by atoms with Gasteiger partial charge in [-0.25, -0.2) is 4.79 Å². The van der Waals surface area contributed by atoms with Gasteiger partial charge in [0.15, 0.2) is 13.2 Å². The zero-order valence-electron chi connectivity index (χ0n) is 14.1. The second kappa shape index (κ2) is 8.63. The molecule has 0 aliphatic heterocycles. The smallest absolute Gasteiger partial charge is 0.344 e. The fourth-order valence-corrected chi connectivity index (χ4v) is 2.17. The van der Waals surface area contributed by atoms with E-state index < -0.39 is 24.4 Å². The summed E-state index contributed by atoms with van der Waals surface area (Å²) >= 11 is 0. The van der Waals surface area contributed by atoms with Crippen molar-refractivity contribution in [2.75, 3.05) is 13.2 Å². The van der Waals surface area contributed by atoms with Crippen molar-refractivity contribution >= 4 is 17.8 Å². The molecule has 0 atom stereocenters. The quantitative estimate of drug-likeness (QED) is 0.815. The number of hydrogen-bond acceptors (Lipinski definition) is 5. The molecule has 0 unspecified atom stereocenters. The van der Waals surface area contributed by atoms with Crippen molar-refractivity contribution in [1.29, 1.82) is 0 Å². The largest absolute Gasteiger partial charge is 0.482 e. The lowest BCUT2D eigenvalue weighted by Crippen LogP contribution is -2.34. The lowest BCUT2D eigenvalue weighted by molar-refractivity contribution is -0.150. The van der Waals surface area contributed by atoms with Crippen LogP contribution < -0.4 is 10.1 Å². The highest BCUT2D eigenvalue weighted by atomic mass is 16.6. The Morgan fingerprint density at radius 2 is 1.56 bits per heavy atom. The molecular weight excluding hydrogens is 322 g/mol. The van der Waals surface area contributed by atoms with E-state index in [1.165, 1.54) is 0 Å². The van der Waals surface area contributed by atoms with Gasteiger partial charge in [-0.05, 0) is 49.2 Å². The maximum atomic E-state index is 11.8. The molecule has 6 heteroatoms. The third-order valence-corrected chi connectivity index (χ3v) is 3.21. The second-order valence-corrected chi connectivity index (χ2v) is 5.52. The fourth-order valence-electron chi connectivity index (χ4n) is 2.17. The first-order valence-corrected chi connectivity index (χ1v) is 7.70. The van der Waals surface area contributed by atoms with Gasteiger partial charge in [0, 0.05) is 5.56 Å². The molecular formula is C19H19NO5. The standard InChI is InChI=1S/C19H19NO5/c1-13-8-14(2)10-16(9-13)24-12-18(22)25-11-17(21)20-19(23)15-6-4-3-5-7-15/h3-10H,11-12H2,1-2H3,(H,20,21,23). The number of carbonyl (C=O) groups is 3. The lowest BCUT2D eigenvalue weighted by atomic mass is 10.1. The van der Waals surface area contributed by atoms with Crippen LogP contribution in [0.4, 0.5) is 0 Å². The van der Waals surface area contributed by atoms with Gasteiger partial charge < -0.3 is 9.47 Å². The van der Waals surface area contributed by atoms with Crippen LogP contribution in [-0.2, 0) is 14.3 Å². The summed E-state index contributed by atoms with van der Waals surface area (Å²) in [6.45, 7) is 2.98. The van der Waals surface area contributed by atoms with Crippen LogP contribution in [0.25, 0.3) is 0 Å². The average molecular weight is 341 g/mol. The Labute approximate surface area is 145 Å². The SMILES string of the molecule is Cc1cc(C)cc(OCC(=O)OCC(=O)NC(=O)c2ccccc2)c1. The molecule has 0 saturated heterocycles. The monoisotopic (exact) mass is 341 g/mol. The number of imide groups is 1. The Morgan fingerprint density at radius 3 is 2.20 bits per heavy atom. The van der Waals surface area contributed by atoms with Crippen molar-refractivity contribution in [3.05, 3.63) is 65.2 Å². The van der Waals surface area contributed by atoms with Crippen LogP contribution in [0.1, 0.15) is 21.5 Å². The number of amides is 2. The van der Waals surface area contributed by atoms with E-state index in [9.17, 15) is 14.4 Å². The Hall–Kier alpha value is -3.15. The Kier molecular flexibility index (Phi) is 6.28. The van der Waals surface area contributed by atoms with Crippen LogP contribution in [0.3, 0.4) is 0 Å². The molecule has 2 amide bonds. The number of benzene rings is 2. The van der Waals surface area contributed by atoms with Gasteiger partial charge in [0.2, 0.25) is 0 Å². The molecule has 2 aromatic rings. The van der Waals surface area contributed by atoms with Crippen LogP contribution in [0, 0.1) is 13.8 Å². The Bertz CT molecular complexity index is 750. The van der Waals surface area contributed by atoms with Crippen LogP contribution in [-0.4, -0.2) is 31.0 Å². The number of aryl methyl sites for hydroxylation is 2. The molecule has 25 heavy (non-hydrogen) atoms. The minimum Gasteiger partial charge on any atom is -0.482 e. The molecule has 6 nitrogen and oxygen atoms in total. The summed E-state index contributed by atoms with van der Waals surface area (Å²) in [5.41, 5.74) is 2.38. The van der Waals surface area contributed by atoms with Gasteiger partial charge in [-0.3, -0.25) is 14.9 Å². The molecule has 0 aliphatic carbocycles. The molecule has 2 aromatic carbocycles. The first kappa shape index (κ1) is 18.2. The molecule has 0 aliphatic rings. The summed E-state index contributed by atoms with van der Waals surface area (Å²) in [7, 11) is 0. The maximum Gasteiger partial charge on any atom is 0.344 e. The van der Waals surface area contributed by atoms with E-state index in [0.29, 0.717) is 11.3 Å². The highest BCUT2D eigenvalue weighted by Crippen LogP contribution is 2.16. The minimum atomic E-state index is -0.700. The predicted molar refractivity (Wildman–Crippen MR) is 91.3 cm³/mol. The normalized spacial score (nSPS) is 10.0. The number of nitrogens with one attached hydrogen (secondary N) is 1. The summed E-state index contributed by atoms with van der Waals surface area (Å²) in [6.07, 6.45) is 0. The molecule has 0 radical (unpaired) electrons. The van der Waals surface area contributed by atoms with Crippen molar-refractivity contribution < 1.29 is 23.9 Å². The molecule has 0 bridgehead atoms. The van der Waals surface area contributed by atoms with Crippen LogP contribution >= 0.6 is 0 Å². The number of rotatable bonds is 6. The highest BCUT2D eigenvalue weighted by molar-refractivity contribution is 6.05. The van der Waals surface area contributed by atoms with Crippen LogP contribution in [0.2, 0.25) is 0 Å². The Morgan fingerprint density at radius 1 is 0.920 bits per heavy atom. The first-order chi connectivity index (χ1) is 11.9. The van der Waals surface area contributed by atoms with Gasteiger partial charge in [-0.1, -0.05) is 24.3 Å². The third kappa shape index (κ3) is 6.10. The predicted octanol–water partition coefficient (Wildman–Crippen LogP) is 2.18. The molecule has 0 fully saturated rings. The summed E-state index contributed by atoms with van der Waals surface area (Å²) < 4.78 is 10.1. The van der Waals surface area contributed by atoms with E-state index >= 15 is 0 Å². The fraction of sp³-hybridized carbons (Fsp3) is 0.211. The van der Waals surface area contributed by atoms with Crippen molar-refractivity contribution in [3.63, 3.8) is 0 Å². The Balaban J connectivity index is 1.74. The minimum absolute atomic E-state index is 0.317. The van der Waals surface area contributed by atoms with Crippen molar-refractivity contribution in [2.45, 2.75) is 13.8 Å². The maximum absolute atomic E-state index is 11.8. The summed E-state index contributed by atoms with van der Waals surface area (Å²) in [5.74, 6) is -1.39. The summed E-state index contributed by atoms with van der Waals surface area (Å²) in [5, 5.41) is 2.14. The van der Waals surface area contributed by atoms with Gasteiger partial charge in [0.05, 0.1) is 0 Å². The lowest BCUT2D eigenvalue weighted by Gasteiger charge is -2.08. The average Bonchev–Trinajstić information content (AvgIpc) is 2.58. The van der Waals surface area contributed by atoms with E-state index in [1.54, 1.807) is 42.5 Å². The molecule has 0 saturated carbocycles. The molecule has 0 aromatic heterocycles. The van der Waals surface area contributed by atoms with E-state index in [1.807, 2.05) is 19.9 Å². The first-order valence-electron chi connectivity index (χ1n) is 7.70. The number of esters is 1. The van der Waals surface area contributed by atoms with E-state index in [4.69, 9.17) is 9.47 Å².